The molecule has 2 bridgehead atoms. The molecule has 3 aromatic carbocycles. The third-order valence-electron chi connectivity index (χ3n) is 16.1. The van der Waals surface area contributed by atoms with Crippen molar-refractivity contribution in [1.29, 1.82) is 0 Å². The minimum Gasteiger partial charge on any atom is -0.456 e. The molecule has 1 unspecified atom stereocenters. The van der Waals surface area contributed by atoms with E-state index in [1.807, 2.05) is 46.9 Å². The Kier molecular flexibility index (Phi) is 13.2. The lowest BCUT2D eigenvalue weighted by atomic mass is 9.43. The van der Waals surface area contributed by atoms with Crippen molar-refractivity contribution in [3.05, 3.63) is 119 Å². The van der Waals surface area contributed by atoms with Crippen molar-refractivity contribution in [2.24, 2.45) is 22.7 Å². The zero-order valence-electron chi connectivity index (χ0n) is 40.0. The summed E-state index contributed by atoms with van der Waals surface area (Å²) in [5.74, 6) is -4.28. The number of rotatable bonds is 11. The molecular formula is C52H67NO12Si. The van der Waals surface area contributed by atoms with E-state index in [0.29, 0.717) is 23.1 Å². The van der Waals surface area contributed by atoms with Gasteiger partial charge in [0.15, 0.2) is 20.0 Å². The zero-order valence-corrected chi connectivity index (χ0v) is 41.0. The summed E-state index contributed by atoms with van der Waals surface area (Å²) in [5, 5.41) is 42.1. The van der Waals surface area contributed by atoms with Crippen LogP contribution in [0.1, 0.15) is 107 Å². The van der Waals surface area contributed by atoms with Crippen molar-refractivity contribution < 1.29 is 57.9 Å². The monoisotopic (exact) mass is 925 g/mol. The number of hydrogen-bond donors (Lipinski definition) is 4. The summed E-state index contributed by atoms with van der Waals surface area (Å²) in [7, 11) is -2.86. The fourth-order valence-electron chi connectivity index (χ4n) is 11.1. The number of aliphatic hydroxyl groups excluding tert-OH is 2. The van der Waals surface area contributed by atoms with E-state index in [9.17, 15) is 29.7 Å². The van der Waals surface area contributed by atoms with Gasteiger partial charge < -0.3 is 44.0 Å². The highest BCUT2D eigenvalue weighted by Gasteiger charge is 2.77. The molecule has 66 heavy (non-hydrogen) atoms. The third kappa shape index (κ3) is 8.25. The van der Waals surface area contributed by atoms with Gasteiger partial charge in [-0.15, -0.1) is 0 Å². The average molecular weight is 926 g/mol. The van der Waals surface area contributed by atoms with Gasteiger partial charge in [0.2, 0.25) is 0 Å². The van der Waals surface area contributed by atoms with Crippen molar-refractivity contribution in [3.63, 3.8) is 0 Å². The SMILES string of the molecule is CC(=O)O[C@@]12CO[C@@H]1C[C@H](C)[C@]1(C)[C@@H]2[C@H](OC(=O)c2ccccc2)[C@]2(O)C[C@H](OC(=O)C(O[Si](C)(C)C(C)(C)C)[C@@H](NC(=O)c3ccccc3)c3ccccc3)C(C)=C([C@H](O)[C@@H]1O)C2(C)C. The smallest absolute Gasteiger partial charge is 0.338 e. The number of carbonyl (C=O) groups excluding carboxylic acids is 4. The number of benzene rings is 3. The Hall–Kier alpha value is -4.70. The van der Waals surface area contributed by atoms with Crippen LogP contribution in [0.25, 0.3) is 0 Å². The quantitative estimate of drug-likeness (QED) is 0.0654. The summed E-state index contributed by atoms with van der Waals surface area (Å²) in [5.41, 5.74) is -4.78. The van der Waals surface area contributed by atoms with Crippen LogP contribution in [-0.2, 0) is 33.0 Å². The highest BCUT2D eigenvalue weighted by molar-refractivity contribution is 6.74. The number of carbonyl (C=O) groups is 4. The number of fused-ring (bicyclic) bond motifs is 5. The minimum atomic E-state index is -2.86. The van der Waals surface area contributed by atoms with Crippen molar-refractivity contribution in [2.45, 2.75) is 147 Å². The maximum absolute atomic E-state index is 15.4. The van der Waals surface area contributed by atoms with Gasteiger partial charge in [-0.3, -0.25) is 9.59 Å². The van der Waals surface area contributed by atoms with Gasteiger partial charge in [-0.05, 0) is 78.4 Å². The van der Waals surface area contributed by atoms with Gasteiger partial charge in [0.05, 0.1) is 30.2 Å². The molecule has 0 spiro atoms. The molecule has 14 heteroatoms. The molecule has 4 N–H and O–H groups in total. The number of esters is 3. The van der Waals surface area contributed by atoms with Crippen LogP contribution >= 0.6 is 0 Å². The molecule has 1 saturated heterocycles. The minimum absolute atomic E-state index is 0.120. The first-order valence-corrected chi connectivity index (χ1v) is 25.9. The Morgan fingerprint density at radius 1 is 0.864 bits per heavy atom. The maximum atomic E-state index is 15.4. The highest BCUT2D eigenvalue weighted by atomic mass is 28.4. The Morgan fingerprint density at radius 3 is 1.95 bits per heavy atom. The topological polar surface area (TPSA) is 187 Å². The predicted octanol–water partition coefficient (Wildman–Crippen LogP) is 7.26. The van der Waals surface area contributed by atoms with E-state index in [4.69, 9.17) is 23.4 Å². The predicted molar refractivity (Wildman–Crippen MR) is 248 cm³/mol. The Morgan fingerprint density at radius 2 is 1.42 bits per heavy atom. The molecule has 1 amide bonds. The first-order chi connectivity index (χ1) is 30.8. The second kappa shape index (κ2) is 17.7. The second-order valence-corrected chi connectivity index (χ2v) is 26.0. The lowest BCUT2D eigenvalue weighted by Gasteiger charge is -2.69. The van der Waals surface area contributed by atoms with E-state index in [-0.39, 0.29) is 24.2 Å². The van der Waals surface area contributed by atoms with Crippen molar-refractivity contribution in [2.75, 3.05) is 6.61 Å². The van der Waals surface area contributed by atoms with E-state index in [1.165, 1.54) is 6.92 Å². The molecular weight excluding hydrogens is 859 g/mol. The van der Waals surface area contributed by atoms with Crippen molar-refractivity contribution in [3.8, 4) is 0 Å². The molecule has 3 fully saturated rings. The standard InChI is InChI=1S/C52H67NO12Si/c1-30-27-37-51(29-61-37,64-32(3)54)42-44(63-46(58)35-25-19-14-20-26-35)52(60)28-36(31(2)38(49(52,7)8)40(55)43(56)50(30,42)9)62-47(59)41(65-66(10,11)48(4,5)6)39(33-21-15-12-16-22-33)53-45(57)34-23-17-13-18-24-34/h12-26,30,36-37,39-44,55-56,60H,27-29H2,1-11H3,(H,53,57)/t30-,36-,37+,39-,40-,41?,42-,43-,44-,50+,51-,52+/m0/s1. The molecule has 1 aliphatic heterocycles. The van der Waals surface area contributed by atoms with Crippen LogP contribution in [0, 0.1) is 22.7 Å². The number of aliphatic hydroxyl groups is 3. The molecule has 12 atom stereocenters. The molecule has 1 heterocycles. The molecule has 3 aromatic rings. The third-order valence-corrected chi connectivity index (χ3v) is 20.6. The van der Waals surface area contributed by atoms with E-state index >= 15 is 4.79 Å². The van der Waals surface area contributed by atoms with Crippen LogP contribution in [-0.4, -0.2) is 102 Å². The lowest BCUT2D eigenvalue weighted by Crippen LogP contribution is -2.81. The molecule has 4 aliphatic rings. The van der Waals surface area contributed by atoms with E-state index in [2.05, 4.69) is 5.32 Å². The number of hydrogen-bond acceptors (Lipinski definition) is 12. The molecule has 13 nitrogen and oxygen atoms in total. The summed E-state index contributed by atoms with van der Waals surface area (Å²) < 4.78 is 32.6. The fraction of sp³-hybridized carbons (Fsp3) is 0.538. The summed E-state index contributed by atoms with van der Waals surface area (Å²) in [6.07, 6.45) is -8.17. The second-order valence-electron chi connectivity index (χ2n) is 21.2. The highest BCUT2D eigenvalue weighted by Crippen LogP contribution is 2.66. The van der Waals surface area contributed by atoms with Crippen LogP contribution in [0.2, 0.25) is 18.1 Å². The van der Waals surface area contributed by atoms with Gasteiger partial charge in [0.25, 0.3) is 5.91 Å². The van der Waals surface area contributed by atoms with Gasteiger partial charge in [-0.2, -0.15) is 0 Å². The maximum Gasteiger partial charge on any atom is 0.338 e. The molecule has 0 aromatic heterocycles. The van der Waals surface area contributed by atoms with Crippen LogP contribution in [0.5, 0.6) is 0 Å². The van der Waals surface area contributed by atoms with Crippen LogP contribution in [0.4, 0.5) is 0 Å². The van der Waals surface area contributed by atoms with Gasteiger partial charge in [0, 0.05) is 29.7 Å². The average Bonchev–Trinajstić information content (AvgIpc) is 3.26. The normalized spacial score (nSPS) is 32.4. The van der Waals surface area contributed by atoms with Gasteiger partial charge >= 0.3 is 17.9 Å². The van der Waals surface area contributed by atoms with E-state index < -0.39 is 114 Å². The first-order valence-electron chi connectivity index (χ1n) is 23.0. The van der Waals surface area contributed by atoms with Crippen LogP contribution in [0.15, 0.2) is 102 Å². The largest absolute Gasteiger partial charge is 0.456 e. The van der Waals surface area contributed by atoms with Crippen molar-refractivity contribution in [1.82, 2.24) is 5.32 Å². The lowest BCUT2D eigenvalue weighted by molar-refractivity contribution is -0.358. The van der Waals surface area contributed by atoms with E-state index in [0.717, 1.165) is 0 Å². The van der Waals surface area contributed by atoms with E-state index in [1.54, 1.807) is 113 Å². The van der Waals surface area contributed by atoms with Gasteiger partial charge in [-0.25, -0.2) is 9.59 Å². The summed E-state index contributed by atoms with van der Waals surface area (Å²) >= 11 is 0. The summed E-state index contributed by atoms with van der Waals surface area (Å²) in [6, 6.07) is 24.9. The number of nitrogens with one attached hydrogen (secondary N) is 1. The van der Waals surface area contributed by atoms with Crippen molar-refractivity contribution >= 4 is 32.1 Å². The molecule has 2 saturated carbocycles. The summed E-state index contributed by atoms with van der Waals surface area (Å²) in [6.45, 7) is 20.0. The van der Waals surface area contributed by atoms with Crippen LogP contribution in [0.3, 0.4) is 0 Å². The van der Waals surface area contributed by atoms with Gasteiger partial charge in [-0.1, -0.05) is 115 Å². The summed E-state index contributed by atoms with van der Waals surface area (Å²) in [4.78, 5) is 56.9. The fourth-order valence-corrected chi connectivity index (χ4v) is 12.3. The van der Waals surface area contributed by atoms with Gasteiger partial charge in [0.1, 0.15) is 30.0 Å². The number of ether oxygens (including phenoxy) is 4. The zero-order chi connectivity index (χ0) is 48.4. The Labute approximate surface area is 389 Å². The first kappa shape index (κ1) is 49.2. The Balaban J connectivity index is 1.40. The molecule has 7 rings (SSSR count). The molecule has 3 aliphatic carbocycles. The number of amides is 1. The Bertz CT molecular complexity index is 2330. The molecule has 356 valence electrons. The molecule has 0 radical (unpaired) electrons. The van der Waals surface area contributed by atoms with Crippen LogP contribution < -0.4 is 5.32 Å².